The summed E-state index contributed by atoms with van der Waals surface area (Å²) in [6.45, 7) is 11.8. The first kappa shape index (κ1) is 30.7. The fourth-order valence-electron chi connectivity index (χ4n) is 6.74. The van der Waals surface area contributed by atoms with Crippen LogP contribution in [0, 0.1) is 0 Å². The van der Waals surface area contributed by atoms with Crippen molar-refractivity contribution in [1.82, 2.24) is 19.9 Å². The number of nitrogens with one attached hydrogen (secondary N) is 1. The highest BCUT2D eigenvalue weighted by molar-refractivity contribution is 5.86. The van der Waals surface area contributed by atoms with Crippen LogP contribution in [0.5, 0.6) is 5.88 Å². The Morgan fingerprint density at radius 3 is 2.33 bits per heavy atom. The van der Waals surface area contributed by atoms with Gasteiger partial charge in [0.25, 0.3) is 0 Å². The number of hydrogen-bond donors (Lipinski definition) is 2. The van der Waals surface area contributed by atoms with Crippen molar-refractivity contribution in [3.8, 4) is 5.88 Å². The Balaban J connectivity index is 1.64. The van der Waals surface area contributed by atoms with Crippen molar-refractivity contribution in [1.29, 1.82) is 0 Å². The lowest BCUT2D eigenvalue weighted by Crippen LogP contribution is -2.63. The molecule has 0 bridgehead atoms. The van der Waals surface area contributed by atoms with Gasteiger partial charge < -0.3 is 19.9 Å². The normalized spacial score (nSPS) is 24.6. The molecular formula is C29H44F3N5O3. The van der Waals surface area contributed by atoms with Gasteiger partial charge in [-0.25, -0.2) is 15.0 Å². The number of hydrogen-bond acceptors (Lipinski definition) is 8. The average Bonchev–Trinajstić information content (AvgIpc) is 2.82. The smallest absolute Gasteiger partial charge is 0.391 e. The van der Waals surface area contributed by atoms with E-state index in [2.05, 4.69) is 42.9 Å². The van der Waals surface area contributed by atoms with E-state index in [0.717, 1.165) is 37.8 Å². The third-order valence-corrected chi connectivity index (χ3v) is 8.38. The van der Waals surface area contributed by atoms with Gasteiger partial charge in [-0.15, -0.1) is 0 Å². The molecule has 8 nitrogen and oxygen atoms in total. The van der Waals surface area contributed by atoms with Gasteiger partial charge in [0.2, 0.25) is 11.8 Å². The molecular weight excluding hydrogens is 523 g/mol. The SMILES string of the molecule is COCCN1C(C)(C)CC(Oc2ncc(C3CCC(O)CC3)c3nc(N[C@@H](C)CC(F)(F)F)ncc23)CC1(C)C. The molecule has 1 atom stereocenters. The molecule has 1 aliphatic heterocycles. The van der Waals surface area contributed by atoms with Gasteiger partial charge in [-0.2, -0.15) is 13.2 Å². The lowest BCUT2D eigenvalue weighted by Gasteiger charge is -2.55. The van der Waals surface area contributed by atoms with Crippen molar-refractivity contribution in [2.45, 2.75) is 121 Å². The van der Waals surface area contributed by atoms with Crippen LogP contribution in [0.4, 0.5) is 19.1 Å². The number of likely N-dealkylation sites (tertiary alicyclic amines) is 1. The van der Waals surface area contributed by atoms with Gasteiger partial charge in [-0.3, -0.25) is 4.90 Å². The number of aliphatic hydroxyl groups is 1. The summed E-state index contributed by atoms with van der Waals surface area (Å²) in [4.78, 5) is 16.3. The van der Waals surface area contributed by atoms with Crippen LogP contribution in [0.25, 0.3) is 10.9 Å². The highest BCUT2D eigenvalue weighted by Gasteiger charge is 2.46. The molecule has 2 fully saturated rings. The van der Waals surface area contributed by atoms with E-state index in [1.807, 2.05) is 0 Å². The quantitative estimate of drug-likeness (QED) is 0.390. The monoisotopic (exact) mass is 567 g/mol. The summed E-state index contributed by atoms with van der Waals surface area (Å²) in [6, 6.07) is -0.879. The summed E-state index contributed by atoms with van der Waals surface area (Å²) in [7, 11) is 1.71. The largest absolute Gasteiger partial charge is 0.474 e. The molecule has 2 aromatic rings. The summed E-state index contributed by atoms with van der Waals surface area (Å²) in [5, 5.41) is 13.5. The van der Waals surface area contributed by atoms with Crippen LogP contribution in [0.3, 0.4) is 0 Å². The van der Waals surface area contributed by atoms with Gasteiger partial charge in [0.05, 0.1) is 30.0 Å². The molecule has 2 aliphatic rings. The Bertz CT molecular complexity index is 1130. The molecule has 40 heavy (non-hydrogen) atoms. The van der Waals surface area contributed by atoms with Crippen molar-refractivity contribution < 1.29 is 27.8 Å². The maximum absolute atomic E-state index is 12.9. The van der Waals surface area contributed by atoms with E-state index < -0.39 is 18.6 Å². The summed E-state index contributed by atoms with van der Waals surface area (Å²) in [5.74, 6) is 0.725. The van der Waals surface area contributed by atoms with Crippen molar-refractivity contribution >= 4 is 16.9 Å². The molecule has 2 N–H and O–H groups in total. The Hall–Kier alpha value is -2.24. The minimum atomic E-state index is -4.29. The van der Waals surface area contributed by atoms with E-state index in [4.69, 9.17) is 19.4 Å². The topological polar surface area (TPSA) is 92.6 Å². The minimum absolute atomic E-state index is 0.0974. The van der Waals surface area contributed by atoms with Crippen molar-refractivity contribution in [2.24, 2.45) is 0 Å². The number of piperidine rings is 1. The van der Waals surface area contributed by atoms with Crippen molar-refractivity contribution in [2.75, 3.05) is 25.6 Å². The van der Waals surface area contributed by atoms with Crippen LogP contribution in [-0.2, 0) is 4.74 Å². The van der Waals surface area contributed by atoms with Gasteiger partial charge in [-0.05, 0) is 66.2 Å². The number of methoxy groups -OCH3 is 1. The molecule has 0 spiro atoms. The Kier molecular flexibility index (Phi) is 9.16. The Labute approximate surface area is 235 Å². The fourth-order valence-corrected chi connectivity index (χ4v) is 6.74. The molecule has 1 saturated heterocycles. The van der Waals surface area contributed by atoms with Gasteiger partial charge in [0.15, 0.2) is 0 Å². The molecule has 224 valence electrons. The zero-order chi connectivity index (χ0) is 29.3. The summed E-state index contributed by atoms with van der Waals surface area (Å²) in [5.41, 5.74) is 1.29. The summed E-state index contributed by atoms with van der Waals surface area (Å²) < 4.78 is 50.7. The first-order valence-electron chi connectivity index (χ1n) is 14.3. The van der Waals surface area contributed by atoms with E-state index in [1.54, 1.807) is 19.5 Å². The van der Waals surface area contributed by atoms with Crippen LogP contribution in [0.1, 0.15) is 91.0 Å². The molecule has 0 amide bonds. The second-order valence-corrected chi connectivity index (χ2v) is 12.8. The van der Waals surface area contributed by atoms with Crippen LogP contribution >= 0.6 is 0 Å². The lowest BCUT2D eigenvalue weighted by atomic mass is 9.78. The average molecular weight is 568 g/mol. The van der Waals surface area contributed by atoms with E-state index in [9.17, 15) is 18.3 Å². The standard InChI is InChI=1S/C29H44F3N5O3/c1-18(13-29(30,31)32)35-26-34-17-23-24(36-26)22(19-7-9-20(38)10-8-19)16-33-25(23)40-21-14-27(2,3)37(11-12-39-6)28(4,5)15-21/h16-21,38H,7-15H2,1-6H3,(H,34,35,36)/t18-,19?,20?/m0/s1. The van der Waals surface area contributed by atoms with Crippen molar-refractivity contribution in [3.05, 3.63) is 18.0 Å². The maximum atomic E-state index is 12.9. The summed E-state index contributed by atoms with van der Waals surface area (Å²) >= 11 is 0. The number of halogens is 3. The number of pyridine rings is 1. The minimum Gasteiger partial charge on any atom is -0.474 e. The molecule has 1 aliphatic carbocycles. The number of aliphatic hydroxyl groups excluding tert-OH is 1. The van der Waals surface area contributed by atoms with Gasteiger partial charge >= 0.3 is 6.18 Å². The second kappa shape index (κ2) is 11.9. The number of ether oxygens (including phenoxy) is 2. The predicted octanol–water partition coefficient (Wildman–Crippen LogP) is 5.84. The second-order valence-electron chi connectivity index (χ2n) is 12.8. The first-order chi connectivity index (χ1) is 18.7. The number of aromatic nitrogens is 3. The van der Waals surface area contributed by atoms with Crippen LogP contribution < -0.4 is 10.1 Å². The number of fused-ring (bicyclic) bond motifs is 1. The first-order valence-corrected chi connectivity index (χ1v) is 14.3. The van der Waals surface area contributed by atoms with E-state index in [1.165, 1.54) is 6.92 Å². The van der Waals surface area contributed by atoms with Gasteiger partial charge in [0.1, 0.15) is 6.10 Å². The lowest BCUT2D eigenvalue weighted by molar-refractivity contribution is -0.136. The number of anilines is 1. The Morgan fingerprint density at radius 1 is 1.07 bits per heavy atom. The van der Waals surface area contributed by atoms with Crippen LogP contribution in [0.15, 0.2) is 12.4 Å². The fraction of sp³-hybridized carbons (Fsp3) is 0.759. The van der Waals surface area contributed by atoms with Crippen LogP contribution in [-0.4, -0.2) is 80.7 Å². The van der Waals surface area contributed by atoms with E-state index in [-0.39, 0.29) is 35.2 Å². The van der Waals surface area contributed by atoms with E-state index >= 15 is 0 Å². The third-order valence-electron chi connectivity index (χ3n) is 8.38. The molecule has 0 aromatic carbocycles. The number of rotatable bonds is 9. The van der Waals surface area contributed by atoms with Gasteiger partial charge in [0, 0.05) is 61.6 Å². The number of nitrogens with zero attached hydrogens (tertiary/aromatic N) is 4. The van der Waals surface area contributed by atoms with Crippen molar-refractivity contribution in [3.63, 3.8) is 0 Å². The van der Waals surface area contributed by atoms with Gasteiger partial charge in [-0.1, -0.05) is 0 Å². The Morgan fingerprint density at radius 2 is 1.73 bits per heavy atom. The zero-order valence-electron chi connectivity index (χ0n) is 24.5. The molecule has 11 heteroatoms. The third kappa shape index (κ3) is 7.33. The maximum Gasteiger partial charge on any atom is 0.391 e. The molecule has 1 saturated carbocycles. The highest BCUT2D eigenvalue weighted by atomic mass is 19.4. The highest BCUT2D eigenvalue weighted by Crippen LogP contribution is 2.42. The predicted molar refractivity (Wildman–Crippen MR) is 149 cm³/mol. The zero-order valence-corrected chi connectivity index (χ0v) is 24.5. The molecule has 4 rings (SSSR count). The van der Waals surface area contributed by atoms with Crippen LogP contribution in [0.2, 0.25) is 0 Å². The molecule has 0 radical (unpaired) electrons. The molecule has 0 unspecified atom stereocenters. The summed E-state index contributed by atoms with van der Waals surface area (Å²) in [6.07, 6.45) is 2.26. The molecule has 3 heterocycles. The van der Waals surface area contributed by atoms with E-state index in [0.29, 0.717) is 36.2 Å². The number of alkyl halides is 3. The molecule has 2 aromatic heterocycles.